The standard InChI is InChI=1S/C17H12FNO4S3/c1-26(21,22)23-14-4-2-3-11(9-14)10-15-16(20)19(17(24)25-15)13-7-5-12(18)6-8-13/h2-10H,1H3/b15-10-. The Balaban J connectivity index is 1.88. The van der Waals surface area contributed by atoms with Crippen LogP contribution in [0.5, 0.6) is 5.75 Å². The predicted octanol–water partition coefficient (Wildman–Crippen LogP) is 3.57. The van der Waals surface area contributed by atoms with Crippen molar-refractivity contribution in [2.24, 2.45) is 0 Å². The highest BCUT2D eigenvalue weighted by Crippen LogP contribution is 2.36. The molecule has 0 unspecified atom stereocenters. The number of thioether (sulfide) groups is 1. The first-order valence-corrected chi connectivity index (χ1v) is 10.3. The third-order valence-electron chi connectivity index (χ3n) is 3.28. The molecule has 0 saturated carbocycles. The summed E-state index contributed by atoms with van der Waals surface area (Å²) in [4.78, 5) is 14.3. The van der Waals surface area contributed by atoms with E-state index >= 15 is 0 Å². The maximum absolute atomic E-state index is 13.1. The van der Waals surface area contributed by atoms with E-state index in [4.69, 9.17) is 16.4 Å². The number of nitrogens with zero attached hydrogens (tertiary/aromatic N) is 1. The van der Waals surface area contributed by atoms with Crippen molar-refractivity contribution >= 4 is 56.1 Å². The van der Waals surface area contributed by atoms with Crippen LogP contribution in [-0.2, 0) is 14.9 Å². The van der Waals surface area contributed by atoms with Crippen molar-refractivity contribution in [3.8, 4) is 5.75 Å². The van der Waals surface area contributed by atoms with Crippen LogP contribution in [-0.4, -0.2) is 24.9 Å². The number of carbonyl (C=O) groups excluding carboxylic acids is 1. The molecular weight excluding hydrogens is 397 g/mol. The molecule has 1 aliphatic rings. The monoisotopic (exact) mass is 409 g/mol. The van der Waals surface area contributed by atoms with Crippen LogP contribution in [0.1, 0.15) is 5.56 Å². The molecule has 26 heavy (non-hydrogen) atoms. The summed E-state index contributed by atoms with van der Waals surface area (Å²) in [5.74, 6) is -0.589. The van der Waals surface area contributed by atoms with Crippen molar-refractivity contribution in [2.75, 3.05) is 11.2 Å². The van der Waals surface area contributed by atoms with E-state index in [-0.39, 0.29) is 11.7 Å². The minimum Gasteiger partial charge on any atom is -0.383 e. The van der Waals surface area contributed by atoms with E-state index < -0.39 is 15.9 Å². The molecule has 0 aromatic heterocycles. The molecular formula is C17H12FNO4S3. The summed E-state index contributed by atoms with van der Waals surface area (Å²) in [6, 6.07) is 11.8. The first kappa shape index (κ1) is 18.6. The van der Waals surface area contributed by atoms with Gasteiger partial charge in [0.1, 0.15) is 11.6 Å². The Hall–Kier alpha value is -2.23. The molecule has 0 N–H and O–H groups in total. The molecule has 0 atom stereocenters. The van der Waals surface area contributed by atoms with Gasteiger partial charge in [-0.05, 0) is 48.0 Å². The average Bonchev–Trinajstić information content (AvgIpc) is 2.81. The fraction of sp³-hybridized carbons (Fsp3) is 0.0588. The first-order valence-electron chi connectivity index (χ1n) is 7.26. The molecule has 1 aliphatic heterocycles. The third-order valence-corrected chi connectivity index (χ3v) is 5.08. The Morgan fingerprint density at radius 1 is 1.19 bits per heavy atom. The lowest BCUT2D eigenvalue weighted by molar-refractivity contribution is -0.113. The van der Waals surface area contributed by atoms with Gasteiger partial charge in [0.2, 0.25) is 0 Å². The van der Waals surface area contributed by atoms with Crippen LogP contribution in [0.25, 0.3) is 6.08 Å². The first-order chi connectivity index (χ1) is 12.2. The van der Waals surface area contributed by atoms with Crippen molar-refractivity contribution < 1.29 is 21.8 Å². The number of hydrogen-bond donors (Lipinski definition) is 0. The molecule has 0 bridgehead atoms. The van der Waals surface area contributed by atoms with Crippen molar-refractivity contribution in [1.82, 2.24) is 0 Å². The Morgan fingerprint density at radius 3 is 2.54 bits per heavy atom. The number of carbonyl (C=O) groups is 1. The number of hydrogen-bond acceptors (Lipinski definition) is 6. The largest absolute Gasteiger partial charge is 0.383 e. The van der Waals surface area contributed by atoms with Crippen LogP contribution in [0.3, 0.4) is 0 Å². The fourth-order valence-corrected chi connectivity index (χ4v) is 4.02. The summed E-state index contributed by atoms with van der Waals surface area (Å²) in [7, 11) is -3.64. The zero-order valence-corrected chi connectivity index (χ0v) is 15.8. The van der Waals surface area contributed by atoms with E-state index in [2.05, 4.69) is 0 Å². The van der Waals surface area contributed by atoms with E-state index in [1.54, 1.807) is 18.2 Å². The molecule has 1 saturated heterocycles. The van der Waals surface area contributed by atoms with Gasteiger partial charge in [0.15, 0.2) is 4.32 Å². The zero-order chi connectivity index (χ0) is 18.9. The number of benzene rings is 2. The average molecular weight is 409 g/mol. The van der Waals surface area contributed by atoms with E-state index in [9.17, 15) is 17.6 Å². The van der Waals surface area contributed by atoms with Crippen molar-refractivity contribution in [3.63, 3.8) is 0 Å². The second-order valence-electron chi connectivity index (χ2n) is 5.35. The Bertz CT molecular complexity index is 1020. The minimum atomic E-state index is -3.64. The van der Waals surface area contributed by atoms with E-state index in [0.29, 0.717) is 20.5 Å². The van der Waals surface area contributed by atoms with Gasteiger partial charge < -0.3 is 4.18 Å². The topological polar surface area (TPSA) is 63.7 Å². The highest BCUT2D eigenvalue weighted by Gasteiger charge is 2.33. The molecule has 9 heteroatoms. The van der Waals surface area contributed by atoms with Crippen LogP contribution in [0.2, 0.25) is 0 Å². The second-order valence-corrected chi connectivity index (χ2v) is 8.60. The second kappa shape index (κ2) is 7.18. The minimum absolute atomic E-state index is 0.148. The molecule has 1 heterocycles. The smallest absolute Gasteiger partial charge is 0.306 e. The predicted molar refractivity (Wildman–Crippen MR) is 104 cm³/mol. The van der Waals surface area contributed by atoms with Gasteiger partial charge in [-0.2, -0.15) is 8.42 Å². The summed E-state index contributed by atoms with van der Waals surface area (Å²) in [5.41, 5.74) is 1.07. The van der Waals surface area contributed by atoms with Gasteiger partial charge in [-0.25, -0.2) is 4.39 Å². The number of rotatable bonds is 4. The molecule has 2 aromatic rings. The van der Waals surface area contributed by atoms with Gasteiger partial charge >= 0.3 is 10.1 Å². The van der Waals surface area contributed by atoms with Crippen LogP contribution < -0.4 is 9.08 Å². The summed E-state index contributed by atoms with van der Waals surface area (Å²) < 4.78 is 40.7. The van der Waals surface area contributed by atoms with Crippen LogP contribution in [0.15, 0.2) is 53.4 Å². The van der Waals surface area contributed by atoms with E-state index in [1.807, 2.05) is 0 Å². The van der Waals surface area contributed by atoms with Crippen LogP contribution >= 0.6 is 24.0 Å². The van der Waals surface area contributed by atoms with Gasteiger partial charge in [-0.3, -0.25) is 9.69 Å². The Kier molecular flexibility index (Phi) is 5.12. The molecule has 1 fully saturated rings. The Labute approximate surface area is 159 Å². The highest BCUT2D eigenvalue weighted by molar-refractivity contribution is 8.27. The zero-order valence-electron chi connectivity index (χ0n) is 13.4. The number of halogens is 1. The van der Waals surface area contributed by atoms with Gasteiger partial charge in [0.25, 0.3) is 5.91 Å². The molecule has 134 valence electrons. The van der Waals surface area contributed by atoms with Gasteiger partial charge in [0, 0.05) is 0 Å². The molecule has 1 amide bonds. The molecule has 2 aromatic carbocycles. The number of amides is 1. The van der Waals surface area contributed by atoms with Gasteiger partial charge in [0.05, 0.1) is 16.8 Å². The lowest BCUT2D eigenvalue weighted by Crippen LogP contribution is -2.27. The fourth-order valence-electron chi connectivity index (χ4n) is 2.26. The maximum atomic E-state index is 13.1. The lowest BCUT2D eigenvalue weighted by Gasteiger charge is -2.14. The van der Waals surface area contributed by atoms with Gasteiger partial charge in [-0.15, -0.1) is 0 Å². The van der Waals surface area contributed by atoms with Crippen molar-refractivity contribution in [1.29, 1.82) is 0 Å². The van der Waals surface area contributed by atoms with Crippen molar-refractivity contribution in [2.45, 2.75) is 0 Å². The third kappa shape index (κ3) is 4.29. The summed E-state index contributed by atoms with van der Waals surface area (Å²) in [5, 5.41) is 0. The molecule has 0 radical (unpaired) electrons. The summed E-state index contributed by atoms with van der Waals surface area (Å²) in [6.45, 7) is 0. The van der Waals surface area contributed by atoms with Gasteiger partial charge in [-0.1, -0.05) is 36.1 Å². The quantitative estimate of drug-likeness (QED) is 0.437. The summed E-state index contributed by atoms with van der Waals surface area (Å²) in [6.07, 6.45) is 2.55. The van der Waals surface area contributed by atoms with Crippen LogP contribution in [0, 0.1) is 5.82 Å². The molecule has 5 nitrogen and oxygen atoms in total. The highest BCUT2D eigenvalue weighted by atomic mass is 32.2. The van der Waals surface area contributed by atoms with Crippen molar-refractivity contribution in [3.05, 3.63) is 64.8 Å². The lowest BCUT2D eigenvalue weighted by atomic mass is 10.2. The van der Waals surface area contributed by atoms with E-state index in [1.165, 1.54) is 41.3 Å². The Morgan fingerprint density at radius 2 is 1.88 bits per heavy atom. The number of anilines is 1. The SMILES string of the molecule is CS(=O)(=O)Oc1cccc(/C=C2\SC(=S)N(c3ccc(F)cc3)C2=O)c1. The molecule has 0 spiro atoms. The molecule has 3 rings (SSSR count). The van der Waals surface area contributed by atoms with E-state index in [0.717, 1.165) is 18.0 Å². The normalized spacial score (nSPS) is 16.4. The number of thiocarbonyl (C=S) groups is 1. The molecule has 0 aliphatic carbocycles. The van der Waals surface area contributed by atoms with Crippen LogP contribution in [0.4, 0.5) is 10.1 Å². The summed E-state index contributed by atoms with van der Waals surface area (Å²) >= 11 is 6.36. The maximum Gasteiger partial charge on any atom is 0.306 e.